The number of aromatic hydroxyl groups is 7. The summed E-state index contributed by atoms with van der Waals surface area (Å²) < 4.78 is 27.8. The average molecular weight is 781 g/mol. The molecule has 0 saturated carbocycles. The maximum atomic E-state index is 13.6. The van der Waals surface area contributed by atoms with Gasteiger partial charge in [-0.15, -0.1) is 0 Å². The number of rotatable bonds is 7. The molecule has 14 N–H and O–H groups in total. The second-order valence-electron chi connectivity index (χ2n) is 12.4. The monoisotopic (exact) mass is 780 g/mol. The Bertz CT molecular complexity index is 2080. The van der Waals surface area contributed by atoms with Crippen LogP contribution in [0.1, 0.15) is 17.3 Å². The number of hydrogen-bond donors (Lipinski definition) is 14. The topological polar surface area (TPSA) is 367 Å². The van der Waals surface area contributed by atoms with Crippen molar-refractivity contribution in [2.45, 2.75) is 68.3 Å². The molecule has 2 aliphatic rings. The molecule has 2 aliphatic heterocycles. The molecule has 0 bridgehead atoms. The zero-order valence-electron chi connectivity index (χ0n) is 28.1. The van der Waals surface area contributed by atoms with E-state index < -0.39 is 137 Å². The molecule has 4 aromatic rings. The van der Waals surface area contributed by atoms with Crippen LogP contribution in [0.15, 0.2) is 51.7 Å². The molecule has 21 nitrogen and oxygen atoms in total. The number of hydrogen-bond acceptors (Lipinski definition) is 20. The summed E-state index contributed by atoms with van der Waals surface area (Å²) in [6.45, 7) is 0.818. The molecule has 1 aromatic heterocycles. The summed E-state index contributed by atoms with van der Waals surface area (Å²) in [5, 5.41) is 136. The number of aliphatic hydroxyl groups is 6. The maximum absolute atomic E-state index is 13.6. The number of phenolic OH excluding ortho intramolecular Hbond substituents is 7. The van der Waals surface area contributed by atoms with Crippen LogP contribution in [0.4, 0.5) is 0 Å². The number of fused-ring (bicyclic) bond motifs is 1. The van der Waals surface area contributed by atoms with Crippen LogP contribution < -0.4 is 10.2 Å². The van der Waals surface area contributed by atoms with Crippen LogP contribution in [0.5, 0.6) is 46.0 Å². The molecule has 0 amide bonds. The number of benzene rings is 3. The third kappa shape index (κ3) is 8.24. The van der Waals surface area contributed by atoms with Crippen molar-refractivity contribution in [3.05, 3.63) is 58.3 Å². The number of phenols is 7. The van der Waals surface area contributed by atoms with Gasteiger partial charge in [-0.05, 0) is 37.3 Å². The molecule has 2 fully saturated rings. The van der Waals surface area contributed by atoms with E-state index >= 15 is 0 Å². The Morgan fingerprint density at radius 1 is 0.691 bits per heavy atom. The van der Waals surface area contributed by atoms with Crippen molar-refractivity contribution in [1.82, 2.24) is 0 Å². The molecule has 3 aromatic carbocycles. The van der Waals surface area contributed by atoms with E-state index in [1.807, 2.05) is 0 Å². The van der Waals surface area contributed by atoms with E-state index in [2.05, 4.69) is 0 Å². The number of ether oxygens (including phenoxy) is 4. The Balaban J connectivity index is 0.000000413. The SMILES string of the molecule is C[C@@H]1O[C@@H](OC[C@H]2O[C@@H](Oc3c(-c4ccc(O)c(O)c4)oc4cc(O)cc(O)c4c3=O)[C@H](O)[C@@H](O)[C@@H]2O)[C@H](O)[C@H](O)[C@H]1O.O=C(O)c1cc(O)c(O)c(O)c1. The van der Waals surface area contributed by atoms with Crippen molar-refractivity contribution in [3.8, 4) is 57.3 Å². The van der Waals surface area contributed by atoms with Crippen LogP contribution in [0.2, 0.25) is 0 Å². The standard InChI is InChI=1S/C27H30O16.C7H6O5/c1-8-17(32)20(35)22(37)26(40-8)39-7-15-18(33)21(36)23(38)27(42-15)43-25-19(34)16-13(31)5-10(28)6-14(16)41-24(25)9-2-3-11(29)12(30)4-9;8-4-1-3(7(11)12)2-5(9)6(4)10/h2-6,8,15,17-18,20-23,26-33,35-38H,7H2,1H3;1-2,8-10H,(H,11,12)/t8-,15+,17-,18+,20+,21-,22+,23+,26+,27-;/m0./s1. The quantitative estimate of drug-likeness (QED) is 0.0981. The molecule has 6 rings (SSSR count). The highest BCUT2D eigenvalue weighted by molar-refractivity contribution is 5.89. The van der Waals surface area contributed by atoms with Gasteiger partial charge < -0.3 is 94.9 Å². The zero-order valence-corrected chi connectivity index (χ0v) is 28.1. The van der Waals surface area contributed by atoms with Gasteiger partial charge in [0.05, 0.1) is 18.3 Å². The fourth-order valence-electron chi connectivity index (χ4n) is 5.57. The number of carboxylic acids is 1. The van der Waals surface area contributed by atoms with Gasteiger partial charge in [-0.25, -0.2) is 4.79 Å². The third-order valence-corrected chi connectivity index (χ3v) is 8.61. The smallest absolute Gasteiger partial charge is 0.335 e. The summed E-state index contributed by atoms with van der Waals surface area (Å²) in [6.07, 6.45) is -16.2. The highest BCUT2D eigenvalue weighted by Gasteiger charge is 2.48. The van der Waals surface area contributed by atoms with E-state index in [9.17, 15) is 60.7 Å². The Hall–Kier alpha value is -5.62. The fraction of sp³-hybridized carbons (Fsp3) is 0.353. The molecular weight excluding hydrogens is 744 g/mol. The van der Waals surface area contributed by atoms with Crippen molar-refractivity contribution < 1.29 is 99.7 Å². The first kappa shape index (κ1) is 40.6. The van der Waals surface area contributed by atoms with E-state index in [4.69, 9.17) is 43.8 Å². The molecule has 3 heterocycles. The lowest BCUT2D eigenvalue weighted by Gasteiger charge is -2.42. The van der Waals surface area contributed by atoms with Gasteiger partial charge in [0.2, 0.25) is 17.5 Å². The van der Waals surface area contributed by atoms with Gasteiger partial charge >= 0.3 is 5.97 Å². The van der Waals surface area contributed by atoms with Gasteiger partial charge in [0, 0.05) is 17.7 Å². The second kappa shape index (κ2) is 16.0. The van der Waals surface area contributed by atoms with Crippen LogP contribution in [0, 0.1) is 0 Å². The van der Waals surface area contributed by atoms with Crippen molar-refractivity contribution in [2.75, 3.05) is 6.61 Å². The highest BCUT2D eigenvalue weighted by Crippen LogP contribution is 2.40. The van der Waals surface area contributed by atoms with Gasteiger partial charge in [0.25, 0.3) is 0 Å². The van der Waals surface area contributed by atoms with E-state index in [0.717, 1.165) is 36.4 Å². The lowest BCUT2D eigenvalue weighted by Crippen LogP contribution is -2.61. The summed E-state index contributed by atoms with van der Waals surface area (Å²) in [4.78, 5) is 23.9. The first-order valence-corrected chi connectivity index (χ1v) is 16.0. The summed E-state index contributed by atoms with van der Waals surface area (Å²) in [6, 6.07) is 6.93. The summed E-state index contributed by atoms with van der Waals surface area (Å²) in [7, 11) is 0. The Morgan fingerprint density at radius 2 is 1.31 bits per heavy atom. The second-order valence-corrected chi connectivity index (χ2v) is 12.4. The molecule has 10 atom stereocenters. The van der Waals surface area contributed by atoms with Gasteiger partial charge in [0.1, 0.15) is 65.2 Å². The molecule has 0 spiro atoms. The van der Waals surface area contributed by atoms with Crippen molar-refractivity contribution in [3.63, 3.8) is 0 Å². The predicted molar refractivity (Wildman–Crippen MR) is 179 cm³/mol. The highest BCUT2D eigenvalue weighted by atomic mass is 16.7. The molecule has 298 valence electrons. The number of carbonyl (C=O) groups is 1. The van der Waals surface area contributed by atoms with Crippen LogP contribution in [-0.4, -0.2) is 145 Å². The molecule has 2 saturated heterocycles. The van der Waals surface area contributed by atoms with Crippen LogP contribution in [0.3, 0.4) is 0 Å². The Morgan fingerprint density at radius 3 is 1.93 bits per heavy atom. The minimum Gasteiger partial charge on any atom is -0.508 e. The molecule has 55 heavy (non-hydrogen) atoms. The summed E-state index contributed by atoms with van der Waals surface area (Å²) >= 11 is 0. The zero-order chi connectivity index (χ0) is 40.6. The van der Waals surface area contributed by atoms with E-state index in [-0.39, 0.29) is 16.7 Å². The third-order valence-electron chi connectivity index (χ3n) is 8.61. The van der Waals surface area contributed by atoms with Crippen molar-refractivity contribution in [1.29, 1.82) is 0 Å². The lowest BCUT2D eigenvalue weighted by molar-refractivity contribution is -0.318. The average Bonchev–Trinajstić information content (AvgIpc) is 3.13. The van der Waals surface area contributed by atoms with Crippen LogP contribution in [-0.2, 0) is 14.2 Å². The Kier molecular flexibility index (Phi) is 11.8. The largest absolute Gasteiger partial charge is 0.508 e. The van der Waals surface area contributed by atoms with Crippen molar-refractivity contribution in [2.24, 2.45) is 0 Å². The summed E-state index contributed by atoms with van der Waals surface area (Å²) in [5.41, 5.74) is -1.64. The molecular formula is C34H36O21. The molecule has 0 aliphatic carbocycles. The lowest BCUT2D eigenvalue weighted by atomic mass is 9.98. The maximum Gasteiger partial charge on any atom is 0.335 e. The fourth-order valence-corrected chi connectivity index (χ4v) is 5.57. The first-order valence-electron chi connectivity index (χ1n) is 16.0. The van der Waals surface area contributed by atoms with Crippen molar-refractivity contribution >= 4 is 16.9 Å². The number of aromatic carboxylic acids is 1. The molecule has 0 unspecified atom stereocenters. The van der Waals surface area contributed by atoms with E-state index in [1.165, 1.54) is 13.0 Å². The van der Waals surface area contributed by atoms with Gasteiger partial charge in [-0.2, -0.15) is 0 Å². The summed E-state index contributed by atoms with van der Waals surface area (Å²) in [5.74, 6) is -6.66. The minimum absolute atomic E-state index is 0.0313. The first-order chi connectivity index (χ1) is 25.8. The molecule has 0 radical (unpaired) electrons. The number of carboxylic acid groups (broad SMARTS) is 1. The normalized spacial score (nSPS) is 27.9. The molecule has 21 heteroatoms. The van der Waals surface area contributed by atoms with Gasteiger partial charge in [0.15, 0.2) is 40.8 Å². The van der Waals surface area contributed by atoms with Gasteiger partial charge in [-0.1, -0.05) is 0 Å². The number of aliphatic hydroxyl groups excluding tert-OH is 6. The van der Waals surface area contributed by atoms with Crippen LogP contribution >= 0.6 is 0 Å². The Labute approximate surface area is 307 Å². The van der Waals surface area contributed by atoms with E-state index in [0.29, 0.717) is 0 Å². The van der Waals surface area contributed by atoms with E-state index in [1.54, 1.807) is 0 Å². The van der Waals surface area contributed by atoms with Gasteiger partial charge in [-0.3, -0.25) is 4.79 Å². The predicted octanol–water partition coefficient (Wildman–Crippen LogP) is -1.19. The minimum atomic E-state index is -1.97. The van der Waals surface area contributed by atoms with Crippen LogP contribution in [0.25, 0.3) is 22.3 Å².